The third-order valence-electron chi connectivity index (χ3n) is 1.73. The Morgan fingerprint density at radius 2 is 2.14 bits per heavy atom. The van der Waals surface area contributed by atoms with Crippen LogP contribution in [-0.2, 0) is 6.61 Å². The molecule has 0 spiro atoms. The van der Waals surface area contributed by atoms with Gasteiger partial charge in [0.25, 0.3) is 0 Å². The van der Waals surface area contributed by atoms with Crippen molar-refractivity contribution in [3.63, 3.8) is 0 Å². The second kappa shape index (κ2) is 4.06. The number of anilines is 1. The molecule has 0 aliphatic rings. The number of aliphatic hydroxyl groups excluding tert-OH is 1. The van der Waals surface area contributed by atoms with E-state index in [1.165, 1.54) is 12.1 Å². The maximum absolute atomic E-state index is 10.7. The second-order valence-corrected chi connectivity index (χ2v) is 3.06. The largest absolute Gasteiger partial charge is 0.478 e. The van der Waals surface area contributed by atoms with Crippen LogP contribution >= 0.6 is 0 Å². The van der Waals surface area contributed by atoms with Crippen molar-refractivity contribution < 1.29 is 15.0 Å². The third kappa shape index (κ3) is 2.20. The van der Waals surface area contributed by atoms with Crippen LogP contribution in [0, 0.1) is 0 Å². The summed E-state index contributed by atoms with van der Waals surface area (Å²) in [6, 6.07) is 2.82. The molecule has 0 amide bonds. The first kappa shape index (κ1) is 10.5. The molecular formula is C9H12N2O3. The highest BCUT2D eigenvalue weighted by molar-refractivity contribution is 5.88. The Hall–Kier alpha value is -1.62. The van der Waals surface area contributed by atoms with E-state index in [9.17, 15) is 4.79 Å². The van der Waals surface area contributed by atoms with Crippen molar-refractivity contribution in [2.75, 3.05) is 19.0 Å². The molecule has 14 heavy (non-hydrogen) atoms. The molecule has 0 saturated carbocycles. The number of hydrogen-bond acceptors (Lipinski definition) is 4. The first-order valence-electron chi connectivity index (χ1n) is 4.07. The summed E-state index contributed by atoms with van der Waals surface area (Å²) in [5.74, 6) is -0.501. The molecule has 0 radical (unpaired) electrons. The minimum Gasteiger partial charge on any atom is -0.478 e. The number of carboxylic acid groups (broad SMARTS) is 1. The van der Waals surface area contributed by atoms with Crippen LogP contribution in [0.4, 0.5) is 5.82 Å². The molecule has 76 valence electrons. The van der Waals surface area contributed by atoms with E-state index in [-0.39, 0.29) is 12.2 Å². The molecule has 1 aromatic heterocycles. The van der Waals surface area contributed by atoms with Gasteiger partial charge < -0.3 is 15.1 Å². The fourth-order valence-electron chi connectivity index (χ4n) is 1.01. The second-order valence-electron chi connectivity index (χ2n) is 3.06. The fourth-order valence-corrected chi connectivity index (χ4v) is 1.01. The van der Waals surface area contributed by atoms with Gasteiger partial charge in [0, 0.05) is 14.1 Å². The molecule has 0 aromatic carbocycles. The molecule has 0 aliphatic carbocycles. The zero-order chi connectivity index (χ0) is 10.7. The SMILES string of the molecule is CN(C)c1cc(C(=O)O)cc(CO)n1. The molecule has 1 aromatic rings. The Kier molecular flexibility index (Phi) is 3.03. The number of pyridine rings is 1. The summed E-state index contributed by atoms with van der Waals surface area (Å²) in [5, 5.41) is 17.7. The molecule has 1 rings (SSSR count). The van der Waals surface area contributed by atoms with Gasteiger partial charge in [-0.2, -0.15) is 0 Å². The van der Waals surface area contributed by atoms with Gasteiger partial charge in [-0.3, -0.25) is 0 Å². The molecular weight excluding hydrogens is 184 g/mol. The highest BCUT2D eigenvalue weighted by atomic mass is 16.4. The predicted octanol–water partition coefficient (Wildman–Crippen LogP) is 0.338. The van der Waals surface area contributed by atoms with Gasteiger partial charge in [-0.1, -0.05) is 0 Å². The summed E-state index contributed by atoms with van der Waals surface area (Å²) in [4.78, 5) is 16.4. The third-order valence-corrected chi connectivity index (χ3v) is 1.73. The number of nitrogens with zero attached hydrogens (tertiary/aromatic N) is 2. The Labute approximate surface area is 81.6 Å². The highest BCUT2D eigenvalue weighted by Crippen LogP contribution is 2.13. The summed E-state index contributed by atoms with van der Waals surface area (Å²) in [6.07, 6.45) is 0. The van der Waals surface area contributed by atoms with Gasteiger partial charge in [0.2, 0.25) is 0 Å². The summed E-state index contributed by atoms with van der Waals surface area (Å²) >= 11 is 0. The van der Waals surface area contributed by atoms with Crippen molar-refractivity contribution in [3.8, 4) is 0 Å². The van der Waals surface area contributed by atoms with Crippen LogP contribution in [0.1, 0.15) is 16.1 Å². The molecule has 2 N–H and O–H groups in total. The molecule has 0 fully saturated rings. The number of aromatic carboxylic acids is 1. The van der Waals surface area contributed by atoms with Gasteiger partial charge in [0.1, 0.15) is 5.82 Å². The van der Waals surface area contributed by atoms with Crippen molar-refractivity contribution >= 4 is 11.8 Å². The lowest BCUT2D eigenvalue weighted by Gasteiger charge is -2.12. The van der Waals surface area contributed by atoms with E-state index in [1.807, 2.05) is 0 Å². The van der Waals surface area contributed by atoms with Crippen LogP contribution in [0.25, 0.3) is 0 Å². The summed E-state index contributed by atoms with van der Waals surface area (Å²) < 4.78 is 0. The molecule has 5 heteroatoms. The normalized spacial score (nSPS) is 9.93. The van der Waals surface area contributed by atoms with Crippen LogP contribution in [0.15, 0.2) is 12.1 Å². The van der Waals surface area contributed by atoms with E-state index in [0.717, 1.165) is 0 Å². The molecule has 0 saturated heterocycles. The number of rotatable bonds is 3. The summed E-state index contributed by atoms with van der Waals surface area (Å²) in [5.41, 5.74) is 0.487. The molecule has 0 bridgehead atoms. The van der Waals surface area contributed by atoms with Crippen molar-refractivity contribution in [2.24, 2.45) is 0 Å². The van der Waals surface area contributed by atoms with Gasteiger partial charge in [-0.15, -0.1) is 0 Å². The average molecular weight is 196 g/mol. The first-order valence-corrected chi connectivity index (χ1v) is 4.07. The van der Waals surface area contributed by atoms with Crippen LogP contribution in [0.2, 0.25) is 0 Å². The standard InChI is InChI=1S/C9H12N2O3/c1-11(2)8-4-6(9(13)14)3-7(5-12)10-8/h3-4,12H,5H2,1-2H3,(H,13,14). The van der Waals surface area contributed by atoms with Crippen LogP contribution in [-0.4, -0.2) is 35.3 Å². The zero-order valence-electron chi connectivity index (χ0n) is 8.06. The van der Waals surface area contributed by atoms with Crippen molar-refractivity contribution in [1.82, 2.24) is 4.98 Å². The van der Waals surface area contributed by atoms with Gasteiger partial charge in [0.05, 0.1) is 17.9 Å². The van der Waals surface area contributed by atoms with E-state index in [1.54, 1.807) is 19.0 Å². The first-order chi connectivity index (χ1) is 6.54. The molecule has 1 heterocycles. The Bertz CT molecular complexity index is 350. The Morgan fingerprint density at radius 3 is 2.57 bits per heavy atom. The fraction of sp³-hybridized carbons (Fsp3) is 0.333. The maximum Gasteiger partial charge on any atom is 0.335 e. The molecule has 0 atom stereocenters. The molecule has 5 nitrogen and oxygen atoms in total. The summed E-state index contributed by atoms with van der Waals surface area (Å²) in [7, 11) is 3.52. The smallest absolute Gasteiger partial charge is 0.335 e. The number of carboxylic acids is 1. The topological polar surface area (TPSA) is 73.7 Å². The minimum atomic E-state index is -1.02. The van der Waals surface area contributed by atoms with Gasteiger partial charge >= 0.3 is 5.97 Å². The van der Waals surface area contributed by atoms with Gasteiger partial charge in [0.15, 0.2) is 0 Å². The number of aromatic nitrogens is 1. The van der Waals surface area contributed by atoms with Crippen LogP contribution in [0.5, 0.6) is 0 Å². The average Bonchev–Trinajstić information content (AvgIpc) is 2.16. The maximum atomic E-state index is 10.7. The number of hydrogen-bond donors (Lipinski definition) is 2. The van der Waals surface area contributed by atoms with Gasteiger partial charge in [-0.05, 0) is 12.1 Å². The summed E-state index contributed by atoms with van der Waals surface area (Å²) in [6.45, 7) is -0.262. The lowest BCUT2D eigenvalue weighted by Crippen LogP contribution is -2.13. The van der Waals surface area contributed by atoms with Crippen LogP contribution < -0.4 is 4.90 Å². The lowest BCUT2D eigenvalue weighted by atomic mass is 10.2. The van der Waals surface area contributed by atoms with E-state index >= 15 is 0 Å². The van der Waals surface area contributed by atoms with E-state index in [2.05, 4.69) is 4.98 Å². The van der Waals surface area contributed by atoms with Crippen LogP contribution in [0.3, 0.4) is 0 Å². The Balaban J connectivity index is 3.20. The lowest BCUT2D eigenvalue weighted by molar-refractivity contribution is 0.0696. The van der Waals surface area contributed by atoms with Crippen molar-refractivity contribution in [3.05, 3.63) is 23.4 Å². The van der Waals surface area contributed by atoms with Crippen molar-refractivity contribution in [1.29, 1.82) is 0 Å². The predicted molar refractivity (Wildman–Crippen MR) is 51.4 cm³/mol. The minimum absolute atomic E-state index is 0.132. The van der Waals surface area contributed by atoms with Crippen molar-refractivity contribution in [2.45, 2.75) is 6.61 Å². The number of aliphatic hydroxyl groups is 1. The highest BCUT2D eigenvalue weighted by Gasteiger charge is 2.08. The number of carbonyl (C=O) groups is 1. The van der Waals surface area contributed by atoms with E-state index in [4.69, 9.17) is 10.2 Å². The monoisotopic (exact) mass is 196 g/mol. The quantitative estimate of drug-likeness (QED) is 0.729. The Morgan fingerprint density at radius 1 is 1.50 bits per heavy atom. The van der Waals surface area contributed by atoms with E-state index in [0.29, 0.717) is 11.5 Å². The zero-order valence-corrected chi connectivity index (χ0v) is 8.06. The van der Waals surface area contributed by atoms with Gasteiger partial charge in [-0.25, -0.2) is 9.78 Å². The molecule has 0 unspecified atom stereocenters. The van der Waals surface area contributed by atoms with E-state index < -0.39 is 5.97 Å². The molecule has 0 aliphatic heterocycles.